The van der Waals surface area contributed by atoms with Crippen molar-refractivity contribution in [2.24, 2.45) is 0 Å². The highest BCUT2D eigenvalue weighted by atomic mass is 16.6. The molecule has 1 aliphatic carbocycles. The molecule has 0 saturated heterocycles. The third-order valence-electron chi connectivity index (χ3n) is 2.19. The van der Waals surface area contributed by atoms with Crippen molar-refractivity contribution in [2.45, 2.75) is 38.9 Å². The van der Waals surface area contributed by atoms with Crippen molar-refractivity contribution in [3.63, 3.8) is 0 Å². The van der Waals surface area contributed by atoms with Crippen molar-refractivity contribution in [3.8, 4) is 11.5 Å². The van der Waals surface area contributed by atoms with Crippen LogP contribution in [0.2, 0.25) is 0 Å². The fourth-order valence-corrected chi connectivity index (χ4v) is 1.36. The lowest BCUT2D eigenvalue weighted by atomic mass is 10.3. The van der Waals surface area contributed by atoms with Gasteiger partial charge in [0, 0.05) is 6.07 Å². The molecule has 0 radical (unpaired) electrons. The minimum atomic E-state index is -0.551. The van der Waals surface area contributed by atoms with Crippen LogP contribution in [0.4, 0.5) is 5.82 Å². The summed E-state index contributed by atoms with van der Waals surface area (Å²) in [6.07, 6.45) is 3.20. The van der Waals surface area contributed by atoms with Crippen molar-refractivity contribution in [3.05, 3.63) is 22.4 Å². The van der Waals surface area contributed by atoms with E-state index >= 15 is 0 Å². The lowest BCUT2D eigenvalue weighted by molar-refractivity contribution is -0.390. The highest BCUT2D eigenvalue weighted by Gasteiger charge is 2.31. The van der Waals surface area contributed by atoms with Crippen LogP contribution in [0.25, 0.3) is 0 Å². The summed E-state index contributed by atoms with van der Waals surface area (Å²) in [5.74, 6) is 0.248. The van der Waals surface area contributed by atoms with Crippen LogP contribution in [0.5, 0.6) is 11.5 Å². The predicted molar refractivity (Wildman–Crippen MR) is 60.3 cm³/mol. The Labute approximate surface area is 98.7 Å². The molecular weight excluding hydrogens is 224 g/mol. The van der Waals surface area contributed by atoms with Gasteiger partial charge >= 0.3 is 5.82 Å². The van der Waals surface area contributed by atoms with Gasteiger partial charge in [-0.3, -0.25) is 0 Å². The van der Waals surface area contributed by atoms with E-state index in [0.717, 1.165) is 12.8 Å². The minimum absolute atomic E-state index is 0.0624. The maximum absolute atomic E-state index is 10.9. The number of ether oxygens (including phenoxy) is 2. The molecule has 0 unspecified atom stereocenters. The molecule has 0 amide bonds. The maximum Gasteiger partial charge on any atom is 0.410 e. The van der Waals surface area contributed by atoms with Crippen LogP contribution >= 0.6 is 0 Å². The van der Waals surface area contributed by atoms with Gasteiger partial charge in [-0.25, -0.2) is 0 Å². The summed E-state index contributed by atoms with van der Waals surface area (Å²) in [4.78, 5) is 14.0. The molecule has 17 heavy (non-hydrogen) atoms. The highest BCUT2D eigenvalue weighted by molar-refractivity contribution is 5.51. The summed E-state index contributed by atoms with van der Waals surface area (Å²) in [6, 6.07) is 1.59. The van der Waals surface area contributed by atoms with E-state index in [2.05, 4.69) is 4.98 Å². The van der Waals surface area contributed by atoms with Gasteiger partial charge in [-0.15, -0.1) is 0 Å². The van der Waals surface area contributed by atoms with Crippen molar-refractivity contribution >= 4 is 5.82 Å². The fraction of sp³-hybridized carbons (Fsp3) is 0.545. The monoisotopic (exact) mass is 238 g/mol. The SMILES string of the molecule is CC(C)Oc1ccnc([N+](=O)[O-])c1OC1CC1. The lowest BCUT2D eigenvalue weighted by Crippen LogP contribution is -2.10. The summed E-state index contributed by atoms with van der Waals surface area (Å²) in [7, 11) is 0. The average Bonchev–Trinajstić information content (AvgIpc) is 3.03. The standard InChI is InChI=1S/C11H14N2O4/c1-7(2)16-9-5-6-12-11(13(14)15)10(9)17-8-3-4-8/h5-8H,3-4H2,1-2H3. The van der Waals surface area contributed by atoms with E-state index in [1.807, 2.05) is 13.8 Å². The summed E-state index contributed by atoms with van der Waals surface area (Å²) < 4.78 is 11.0. The van der Waals surface area contributed by atoms with E-state index < -0.39 is 4.92 Å². The molecule has 0 aromatic carbocycles. The van der Waals surface area contributed by atoms with E-state index in [1.165, 1.54) is 6.20 Å². The molecule has 1 aromatic rings. The van der Waals surface area contributed by atoms with Crippen LogP contribution in [-0.4, -0.2) is 22.1 Å². The molecule has 92 valence electrons. The molecule has 0 N–H and O–H groups in total. The molecule has 2 rings (SSSR count). The number of aromatic nitrogens is 1. The van der Waals surface area contributed by atoms with Gasteiger partial charge in [0.25, 0.3) is 5.75 Å². The minimum Gasteiger partial charge on any atom is -0.487 e. The first-order valence-corrected chi connectivity index (χ1v) is 5.54. The Morgan fingerprint density at radius 1 is 1.53 bits per heavy atom. The van der Waals surface area contributed by atoms with Crippen LogP contribution in [0, 0.1) is 10.1 Å². The predicted octanol–water partition coefficient (Wildman–Crippen LogP) is 2.32. The smallest absolute Gasteiger partial charge is 0.410 e. The summed E-state index contributed by atoms with van der Waals surface area (Å²) in [6.45, 7) is 3.71. The first kappa shape index (κ1) is 11.6. The quantitative estimate of drug-likeness (QED) is 0.581. The van der Waals surface area contributed by atoms with E-state index in [0.29, 0.717) is 5.75 Å². The molecule has 6 heteroatoms. The normalized spacial score (nSPS) is 14.8. The van der Waals surface area contributed by atoms with Gasteiger partial charge in [-0.2, -0.15) is 0 Å². The van der Waals surface area contributed by atoms with Gasteiger partial charge in [0.15, 0.2) is 5.75 Å². The first-order valence-electron chi connectivity index (χ1n) is 5.54. The van der Waals surface area contributed by atoms with Gasteiger partial charge in [0.2, 0.25) is 0 Å². The van der Waals surface area contributed by atoms with Gasteiger partial charge in [0.1, 0.15) is 6.20 Å². The van der Waals surface area contributed by atoms with Gasteiger partial charge in [0.05, 0.1) is 12.2 Å². The summed E-state index contributed by atoms with van der Waals surface area (Å²) in [5.41, 5.74) is 0. The molecule has 1 fully saturated rings. The molecule has 0 atom stereocenters. The van der Waals surface area contributed by atoms with E-state index in [1.54, 1.807) is 6.07 Å². The van der Waals surface area contributed by atoms with Crippen LogP contribution in [-0.2, 0) is 0 Å². The number of rotatable bonds is 5. The summed E-state index contributed by atoms with van der Waals surface area (Å²) >= 11 is 0. The molecule has 0 aliphatic heterocycles. The topological polar surface area (TPSA) is 74.5 Å². The number of nitro groups is 1. The van der Waals surface area contributed by atoms with Crippen LogP contribution < -0.4 is 9.47 Å². The second kappa shape index (κ2) is 4.57. The molecular formula is C11H14N2O4. The number of pyridine rings is 1. The molecule has 1 saturated carbocycles. The van der Waals surface area contributed by atoms with Crippen LogP contribution in [0.3, 0.4) is 0 Å². The van der Waals surface area contributed by atoms with Gasteiger partial charge in [-0.1, -0.05) is 0 Å². The third kappa shape index (κ3) is 2.83. The Kier molecular flexibility index (Phi) is 3.12. The number of hydrogen-bond donors (Lipinski definition) is 0. The van der Waals surface area contributed by atoms with Crippen LogP contribution in [0.1, 0.15) is 26.7 Å². The zero-order valence-electron chi connectivity index (χ0n) is 9.75. The summed E-state index contributed by atoms with van der Waals surface area (Å²) in [5, 5.41) is 10.9. The van der Waals surface area contributed by atoms with E-state index in [9.17, 15) is 10.1 Å². The van der Waals surface area contributed by atoms with Crippen molar-refractivity contribution in [2.75, 3.05) is 0 Å². The fourth-order valence-electron chi connectivity index (χ4n) is 1.36. The van der Waals surface area contributed by atoms with E-state index in [4.69, 9.17) is 9.47 Å². The number of hydrogen-bond acceptors (Lipinski definition) is 5. The Bertz CT molecular complexity index is 429. The van der Waals surface area contributed by atoms with Crippen molar-refractivity contribution in [1.82, 2.24) is 4.98 Å². The second-order valence-corrected chi connectivity index (χ2v) is 4.20. The van der Waals surface area contributed by atoms with Crippen molar-refractivity contribution in [1.29, 1.82) is 0 Å². The molecule has 1 aliphatic rings. The third-order valence-corrected chi connectivity index (χ3v) is 2.19. The molecule has 0 bridgehead atoms. The molecule has 0 spiro atoms. The largest absolute Gasteiger partial charge is 0.487 e. The molecule has 1 aromatic heterocycles. The van der Waals surface area contributed by atoms with Crippen LogP contribution in [0.15, 0.2) is 12.3 Å². The Morgan fingerprint density at radius 3 is 2.76 bits per heavy atom. The molecule has 6 nitrogen and oxygen atoms in total. The Balaban J connectivity index is 2.34. The Hall–Kier alpha value is -1.85. The zero-order chi connectivity index (χ0) is 12.4. The number of nitrogens with zero attached hydrogens (tertiary/aromatic N) is 2. The van der Waals surface area contributed by atoms with Gasteiger partial charge in [-0.05, 0) is 36.6 Å². The lowest BCUT2D eigenvalue weighted by Gasteiger charge is -2.13. The van der Waals surface area contributed by atoms with Crippen molar-refractivity contribution < 1.29 is 14.4 Å². The zero-order valence-corrected chi connectivity index (χ0v) is 9.75. The van der Waals surface area contributed by atoms with Gasteiger partial charge < -0.3 is 19.6 Å². The maximum atomic E-state index is 10.9. The molecule has 1 heterocycles. The average molecular weight is 238 g/mol. The Morgan fingerprint density at radius 2 is 2.24 bits per heavy atom. The highest BCUT2D eigenvalue weighted by Crippen LogP contribution is 2.39. The first-order chi connectivity index (χ1) is 8.08. The second-order valence-electron chi connectivity index (χ2n) is 4.20. The van der Waals surface area contributed by atoms with E-state index in [-0.39, 0.29) is 23.8 Å².